The minimum absolute atomic E-state index is 0.0210. The average molecular weight is 317 g/mol. The van der Waals surface area contributed by atoms with E-state index in [4.69, 9.17) is 37.4 Å². The van der Waals surface area contributed by atoms with Crippen LogP contribution in [0, 0.1) is 0 Å². The smallest absolute Gasteiger partial charge is 0.162 e. The molecule has 1 aromatic rings. The van der Waals surface area contributed by atoms with Gasteiger partial charge in [-0.25, -0.2) is 0 Å². The normalized spacial score (nSPS) is 24.0. The Morgan fingerprint density at radius 1 is 1.00 bits per heavy atom. The predicted molar refractivity (Wildman–Crippen MR) is 79.2 cm³/mol. The second kappa shape index (κ2) is 6.42. The van der Waals surface area contributed by atoms with E-state index in [0.29, 0.717) is 24.0 Å². The van der Waals surface area contributed by atoms with Crippen molar-refractivity contribution >= 4 is 23.2 Å². The van der Waals surface area contributed by atoms with Gasteiger partial charge in [0.1, 0.15) is 0 Å². The van der Waals surface area contributed by atoms with Gasteiger partial charge in [0.2, 0.25) is 0 Å². The summed E-state index contributed by atoms with van der Waals surface area (Å²) in [5.41, 5.74) is 0.865. The van der Waals surface area contributed by atoms with E-state index in [9.17, 15) is 0 Å². The maximum absolute atomic E-state index is 6.57. The standard InChI is InChI=1S/C15H18Cl2O3/c16-11-9-14-13(19-6-3-7-20-14)8-10(11)15(17)12-4-1-2-5-18-12/h8-9,12,15H,1-7H2. The van der Waals surface area contributed by atoms with Gasteiger partial charge in [-0.2, -0.15) is 0 Å². The molecule has 2 aliphatic rings. The van der Waals surface area contributed by atoms with Crippen LogP contribution in [-0.4, -0.2) is 25.9 Å². The molecule has 3 nitrogen and oxygen atoms in total. The first-order valence-electron chi connectivity index (χ1n) is 7.10. The molecule has 2 aliphatic heterocycles. The van der Waals surface area contributed by atoms with Crippen LogP contribution in [0.15, 0.2) is 12.1 Å². The summed E-state index contributed by atoms with van der Waals surface area (Å²) in [6.45, 7) is 2.08. The zero-order valence-corrected chi connectivity index (χ0v) is 12.8. The Balaban J connectivity index is 1.86. The van der Waals surface area contributed by atoms with Crippen molar-refractivity contribution in [2.24, 2.45) is 0 Å². The van der Waals surface area contributed by atoms with Crippen LogP contribution >= 0.6 is 23.2 Å². The highest BCUT2D eigenvalue weighted by Crippen LogP contribution is 2.42. The average Bonchev–Trinajstić information content (AvgIpc) is 2.71. The first kappa shape index (κ1) is 14.3. The Labute approximate surface area is 129 Å². The van der Waals surface area contributed by atoms with Crippen LogP contribution in [0.5, 0.6) is 11.5 Å². The SMILES string of the molecule is Clc1cc2c(cc1C(Cl)C1CCCCO1)OCCCO2. The number of hydrogen-bond acceptors (Lipinski definition) is 3. The fourth-order valence-corrected chi connectivity index (χ4v) is 3.31. The summed E-state index contributed by atoms with van der Waals surface area (Å²) in [5, 5.41) is 0.364. The molecule has 2 unspecified atom stereocenters. The summed E-state index contributed by atoms with van der Waals surface area (Å²) < 4.78 is 17.1. The van der Waals surface area contributed by atoms with E-state index in [1.54, 1.807) is 6.07 Å². The molecule has 2 heterocycles. The van der Waals surface area contributed by atoms with E-state index in [1.165, 1.54) is 0 Å². The minimum Gasteiger partial charge on any atom is -0.490 e. The molecule has 0 amide bonds. The molecule has 0 N–H and O–H groups in total. The number of alkyl halides is 1. The van der Waals surface area contributed by atoms with Gasteiger partial charge in [0.25, 0.3) is 0 Å². The van der Waals surface area contributed by atoms with Crippen molar-refractivity contribution in [3.8, 4) is 11.5 Å². The van der Waals surface area contributed by atoms with Crippen molar-refractivity contribution in [1.29, 1.82) is 0 Å². The fourth-order valence-electron chi connectivity index (χ4n) is 2.61. The summed E-state index contributed by atoms with van der Waals surface area (Å²) in [4.78, 5) is 0. The highest BCUT2D eigenvalue weighted by atomic mass is 35.5. The molecule has 0 radical (unpaired) electrons. The van der Waals surface area contributed by atoms with E-state index >= 15 is 0 Å². The number of benzene rings is 1. The van der Waals surface area contributed by atoms with Gasteiger partial charge in [-0.3, -0.25) is 0 Å². The Bertz CT molecular complexity index is 472. The second-order valence-corrected chi connectivity index (χ2v) is 6.06. The molecule has 20 heavy (non-hydrogen) atoms. The molecule has 0 aliphatic carbocycles. The van der Waals surface area contributed by atoms with Crippen LogP contribution in [0.25, 0.3) is 0 Å². The van der Waals surface area contributed by atoms with Crippen LogP contribution in [0.3, 0.4) is 0 Å². The van der Waals surface area contributed by atoms with Crippen LogP contribution in [0.4, 0.5) is 0 Å². The van der Waals surface area contributed by atoms with Crippen LogP contribution in [0.1, 0.15) is 36.6 Å². The van der Waals surface area contributed by atoms with Gasteiger partial charge in [-0.1, -0.05) is 11.6 Å². The molecule has 0 spiro atoms. The third kappa shape index (κ3) is 3.00. The van der Waals surface area contributed by atoms with E-state index in [2.05, 4.69) is 0 Å². The molecule has 0 bridgehead atoms. The van der Waals surface area contributed by atoms with Gasteiger partial charge in [-0.05, 0) is 30.9 Å². The monoisotopic (exact) mass is 316 g/mol. The maximum atomic E-state index is 6.57. The van der Waals surface area contributed by atoms with Gasteiger partial charge in [-0.15, -0.1) is 11.6 Å². The lowest BCUT2D eigenvalue weighted by Gasteiger charge is -2.27. The third-order valence-corrected chi connectivity index (χ3v) is 4.55. The molecular formula is C15H18Cl2O3. The van der Waals surface area contributed by atoms with Gasteiger partial charge in [0, 0.05) is 24.1 Å². The number of rotatable bonds is 2. The maximum Gasteiger partial charge on any atom is 0.162 e. The quantitative estimate of drug-likeness (QED) is 0.759. The van der Waals surface area contributed by atoms with Crippen molar-refractivity contribution in [1.82, 2.24) is 0 Å². The van der Waals surface area contributed by atoms with E-state index < -0.39 is 0 Å². The highest BCUT2D eigenvalue weighted by Gasteiger charge is 2.27. The Morgan fingerprint density at radius 2 is 1.75 bits per heavy atom. The number of ether oxygens (including phenoxy) is 3. The lowest BCUT2D eigenvalue weighted by Crippen LogP contribution is -2.23. The Kier molecular flexibility index (Phi) is 4.59. The minimum atomic E-state index is -0.250. The molecule has 1 saturated heterocycles. The molecule has 0 saturated carbocycles. The Morgan fingerprint density at radius 3 is 2.45 bits per heavy atom. The number of halogens is 2. The molecule has 1 aromatic carbocycles. The van der Waals surface area contributed by atoms with E-state index in [1.807, 2.05) is 6.07 Å². The summed E-state index contributed by atoms with van der Waals surface area (Å²) in [5.74, 6) is 1.42. The molecule has 1 fully saturated rings. The lowest BCUT2D eigenvalue weighted by molar-refractivity contribution is 0.0135. The van der Waals surface area contributed by atoms with Gasteiger partial charge < -0.3 is 14.2 Å². The fraction of sp³-hybridized carbons (Fsp3) is 0.600. The van der Waals surface area contributed by atoms with Crippen molar-refractivity contribution < 1.29 is 14.2 Å². The van der Waals surface area contributed by atoms with E-state index in [0.717, 1.165) is 43.6 Å². The van der Waals surface area contributed by atoms with Crippen LogP contribution in [-0.2, 0) is 4.74 Å². The van der Waals surface area contributed by atoms with Crippen molar-refractivity contribution in [3.63, 3.8) is 0 Å². The molecule has 2 atom stereocenters. The summed E-state index contributed by atoms with van der Waals surface area (Å²) >= 11 is 12.9. The first-order chi connectivity index (χ1) is 9.75. The Hall–Kier alpha value is -0.640. The van der Waals surface area contributed by atoms with Gasteiger partial charge >= 0.3 is 0 Å². The number of fused-ring (bicyclic) bond motifs is 1. The van der Waals surface area contributed by atoms with Crippen LogP contribution < -0.4 is 9.47 Å². The highest BCUT2D eigenvalue weighted by molar-refractivity contribution is 6.33. The topological polar surface area (TPSA) is 27.7 Å². The summed E-state index contributed by atoms with van der Waals surface area (Å²) in [6.07, 6.45) is 4.12. The predicted octanol–water partition coefficient (Wildman–Crippen LogP) is 4.35. The van der Waals surface area contributed by atoms with Gasteiger partial charge in [0.05, 0.1) is 24.7 Å². The van der Waals surface area contributed by atoms with Crippen LogP contribution in [0.2, 0.25) is 5.02 Å². The third-order valence-electron chi connectivity index (χ3n) is 3.71. The lowest BCUT2D eigenvalue weighted by atomic mass is 10.0. The second-order valence-electron chi connectivity index (χ2n) is 5.18. The molecular weight excluding hydrogens is 299 g/mol. The van der Waals surface area contributed by atoms with Crippen molar-refractivity contribution in [3.05, 3.63) is 22.7 Å². The largest absolute Gasteiger partial charge is 0.490 e. The first-order valence-corrected chi connectivity index (χ1v) is 7.92. The molecule has 5 heteroatoms. The van der Waals surface area contributed by atoms with E-state index in [-0.39, 0.29) is 11.5 Å². The summed E-state index contributed by atoms with van der Waals surface area (Å²) in [7, 11) is 0. The zero-order chi connectivity index (χ0) is 13.9. The summed E-state index contributed by atoms with van der Waals surface area (Å²) in [6, 6.07) is 3.70. The number of hydrogen-bond donors (Lipinski definition) is 0. The van der Waals surface area contributed by atoms with Crippen molar-refractivity contribution in [2.75, 3.05) is 19.8 Å². The van der Waals surface area contributed by atoms with Gasteiger partial charge in [0.15, 0.2) is 11.5 Å². The molecule has 3 rings (SSSR count). The molecule has 0 aromatic heterocycles. The molecule has 110 valence electrons. The van der Waals surface area contributed by atoms with Crippen molar-refractivity contribution in [2.45, 2.75) is 37.2 Å². The zero-order valence-electron chi connectivity index (χ0n) is 11.2.